The van der Waals surface area contributed by atoms with Gasteiger partial charge < -0.3 is 19.7 Å². The van der Waals surface area contributed by atoms with Gasteiger partial charge in [-0.15, -0.1) is 0 Å². The average Bonchev–Trinajstić information content (AvgIpc) is 2.95. The van der Waals surface area contributed by atoms with Crippen LogP contribution in [0, 0.1) is 22.7 Å². The lowest BCUT2D eigenvalue weighted by Crippen LogP contribution is -2.69. The van der Waals surface area contributed by atoms with E-state index in [1.165, 1.54) is 26.2 Å². The molecule has 0 spiro atoms. The van der Waals surface area contributed by atoms with Crippen molar-refractivity contribution in [1.82, 2.24) is 0 Å². The first-order valence-corrected chi connectivity index (χ1v) is 11.1. The number of hydrogen-bond acceptors (Lipinski definition) is 7. The van der Waals surface area contributed by atoms with E-state index in [0.29, 0.717) is 18.4 Å². The van der Waals surface area contributed by atoms with Gasteiger partial charge >= 0.3 is 5.97 Å². The summed E-state index contributed by atoms with van der Waals surface area (Å²) < 4.78 is 27.5. The molecular weight excluding hydrogens is 419 g/mol. The topological polar surface area (TPSA) is 110 Å². The van der Waals surface area contributed by atoms with E-state index in [4.69, 9.17) is 9.47 Å². The SMILES string of the molecule is COC1CC2C3CCC4=CC(=O)C=CC4(C)C3(F)C(O)CC2(C)C1(O)C(=O)COC(C)=O. The molecule has 8 atom stereocenters. The smallest absolute Gasteiger partial charge is 0.303 e. The minimum absolute atomic E-state index is 0.169. The van der Waals surface area contributed by atoms with Crippen LogP contribution in [0.1, 0.15) is 46.5 Å². The second-order valence-electron chi connectivity index (χ2n) is 10.2. The first-order valence-electron chi connectivity index (χ1n) is 11.1. The molecule has 3 saturated carbocycles. The molecular formula is C24H31FO7. The normalized spacial score (nSPS) is 47.2. The Morgan fingerprint density at radius 2 is 1.97 bits per heavy atom. The quantitative estimate of drug-likeness (QED) is 0.629. The van der Waals surface area contributed by atoms with Crippen molar-refractivity contribution in [3.8, 4) is 0 Å². The Hall–Kier alpha value is -1.90. The van der Waals surface area contributed by atoms with E-state index in [9.17, 15) is 24.6 Å². The molecule has 8 unspecified atom stereocenters. The van der Waals surface area contributed by atoms with Gasteiger partial charge in [0.25, 0.3) is 0 Å². The Balaban J connectivity index is 1.78. The molecule has 4 aliphatic rings. The molecule has 0 heterocycles. The molecule has 32 heavy (non-hydrogen) atoms. The molecule has 3 fully saturated rings. The van der Waals surface area contributed by atoms with E-state index in [1.54, 1.807) is 19.9 Å². The van der Waals surface area contributed by atoms with E-state index < -0.39 is 64.5 Å². The number of carbonyl (C=O) groups is 3. The Morgan fingerprint density at radius 3 is 2.59 bits per heavy atom. The maximum atomic E-state index is 17.1. The number of hydrogen-bond donors (Lipinski definition) is 2. The summed E-state index contributed by atoms with van der Waals surface area (Å²) >= 11 is 0. The summed E-state index contributed by atoms with van der Waals surface area (Å²) in [5, 5.41) is 23.0. The zero-order valence-electron chi connectivity index (χ0n) is 18.9. The first kappa shape index (κ1) is 23.3. The maximum absolute atomic E-state index is 17.1. The number of allylic oxidation sites excluding steroid dienone is 4. The van der Waals surface area contributed by atoms with Gasteiger partial charge in [-0.1, -0.05) is 18.6 Å². The van der Waals surface area contributed by atoms with Crippen molar-refractivity contribution in [3.05, 3.63) is 23.8 Å². The number of esters is 1. The van der Waals surface area contributed by atoms with Crippen LogP contribution in [0.3, 0.4) is 0 Å². The van der Waals surface area contributed by atoms with Gasteiger partial charge in [0.1, 0.15) is 0 Å². The number of fused-ring (bicyclic) bond motifs is 5. The fourth-order valence-corrected chi connectivity index (χ4v) is 7.24. The highest BCUT2D eigenvalue weighted by Crippen LogP contribution is 2.70. The molecule has 0 aliphatic heterocycles. The van der Waals surface area contributed by atoms with Gasteiger partial charge in [-0.05, 0) is 50.7 Å². The van der Waals surface area contributed by atoms with Crippen LogP contribution in [0.2, 0.25) is 0 Å². The van der Waals surface area contributed by atoms with Crippen molar-refractivity contribution in [2.24, 2.45) is 22.7 Å². The zero-order valence-corrected chi connectivity index (χ0v) is 18.9. The number of ketones is 2. The molecule has 0 aromatic carbocycles. The number of aliphatic hydroxyl groups is 2. The third-order valence-corrected chi connectivity index (χ3v) is 8.95. The fraction of sp³-hybridized carbons (Fsp3) is 0.708. The first-order chi connectivity index (χ1) is 14.9. The standard InChI is InChI=1S/C24H31FO7/c1-13(26)32-12-19(29)24(30)20(31-4)10-17-16-6-5-14-9-15(27)7-8-21(14,2)23(16,25)18(28)11-22(17,24)3/h7-9,16-18,20,28,30H,5-6,10-12H2,1-4H3. The van der Waals surface area contributed by atoms with Crippen molar-refractivity contribution in [1.29, 1.82) is 0 Å². The number of aliphatic hydroxyl groups excluding tert-OH is 1. The Labute approximate surface area is 186 Å². The summed E-state index contributed by atoms with van der Waals surface area (Å²) in [6, 6.07) is 0. The average molecular weight is 451 g/mol. The maximum Gasteiger partial charge on any atom is 0.303 e. The second-order valence-corrected chi connectivity index (χ2v) is 10.2. The molecule has 0 radical (unpaired) electrons. The van der Waals surface area contributed by atoms with Crippen molar-refractivity contribution in [2.75, 3.05) is 13.7 Å². The molecule has 0 bridgehead atoms. The number of alkyl halides is 1. The summed E-state index contributed by atoms with van der Waals surface area (Å²) in [5.41, 5.74) is -5.79. The highest BCUT2D eigenvalue weighted by molar-refractivity contribution is 6.01. The number of halogens is 1. The second kappa shape index (κ2) is 7.30. The number of rotatable bonds is 4. The number of Topliss-reactive ketones (excluding diaryl/α,β-unsaturated/α-hetero) is 1. The van der Waals surface area contributed by atoms with Gasteiger partial charge in [0.2, 0.25) is 5.78 Å². The Morgan fingerprint density at radius 1 is 1.28 bits per heavy atom. The predicted molar refractivity (Wildman–Crippen MR) is 111 cm³/mol. The van der Waals surface area contributed by atoms with Crippen LogP contribution in [0.5, 0.6) is 0 Å². The molecule has 0 saturated heterocycles. The van der Waals surface area contributed by atoms with Crippen molar-refractivity contribution < 1.29 is 38.5 Å². The van der Waals surface area contributed by atoms with Gasteiger partial charge in [-0.3, -0.25) is 14.4 Å². The third-order valence-electron chi connectivity index (χ3n) is 8.95. The van der Waals surface area contributed by atoms with Crippen LogP contribution in [0.25, 0.3) is 0 Å². The lowest BCUT2D eigenvalue weighted by Gasteiger charge is -2.62. The minimum Gasteiger partial charge on any atom is -0.458 e. The Bertz CT molecular complexity index is 927. The highest BCUT2D eigenvalue weighted by Gasteiger charge is 2.76. The third kappa shape index (κ3) is 2.72. The molecule has 176 valence electrons. The number of ether oxygens (including phenoxy) is 2. The van der Waals surface area contributed by atoms with Crippen LogP contribution in [-0.4, -0.2) is 64.9 Å². The van der Waals surface area contributed by atoms with Crippen LogP contribution < -0.4 is 0 Å². The van der Waals surface area contributed by atoms with Crippen LogP contribution in [0.15, 0.2) is 23.8 Å². The van der Waals surface area contributed by atoms with E-state index >= 15 is 4.39 Å². The van der Waals surface area contributed by atoms with E-state index in [2.05, 4.69) is 0 Å². The molecule has 0 amide bonds. The molecule has 8 heteroatoms. The zero-order chi connectivity index (χ0) is 23.7. The summed E-state index contributed by atoms with van der Waals surface area (Å²) in [6.45, 7) is 3.95. The van der Waals surface area contributed by atoms with Crippen molar-refractivity contribution >= 4 is 17.5 Å². The van der Waals surface area contributed by atoms with Crippen LogP contribution in [0.4, 0.5) is 4.39 Å². The van der Waals surface area contributed by atoms with Gasteiger partial charge in [-0.25, -0.2) is 4.39 Å². The van der Waals surface area contributed by atoms with Gasteiger partial charge in [-0.2, -0.15) is 0 Å². The van der Waals surface area contributed by atoms with E-state index in [-0.39, 0.29) is 18.6 Å². The molecule has 0 aromatic rings. The molecule has 7 nitrogen and oxygen atoms in total. The van der Waals surface area contributed by atoms with Crippen molar-refractivity contribution in [3.63, 3.8) is 0 Å². The summed E-state index contributed by atoms with van der Waals surface area (Å²) in [7, 11) is 1.38. The van der Waals surface area contributed by atoms with Crippen LogP contribution >= 0.6 is 0 Å². The number of carbonyl (C=O) groups excluding carboxylic acids is 3. The van der Waals surface area contributed by atoms with E-state index in [0.717, 1.165) is 0 Å². The largest absolute Gasteiger partial charge is 0.458 e. The lowest BCUT2D eigenvalue weighted by atomic mass is 9.44. The fourth-order valence-electron chi connectivity index (χ4n) is 7.24. The van der Waals surface area contributed by atoms with Gasteiger partial charge in [0.05, 0.1) is 12.2 Å². The van der Waals surface area contributed by atoms with Gasteiger partial charge in [0.15, 0.2) is 23.7 Å². The Kier molecular flexibility index (Phi) is 5.31. The molecule has 4 aliphatic carbocycles. The van der Waals surface area contributed by atoms with Gasteiger partial charge in [0, 0.05) is 30.8 Å². The summed E-state index contributed by atoms with van der Waals surface area (Å²) in [4.78, 5) is 36.3. The van der Waals surface area contributed by atoms with Crippen molar-refractivity contribution in [2.45, 2.75) is 69.9 Å². The molecule has 4 rings (SSSR count). The predicted octanol–water partition coefficient (Wildman–Crippen LogP) is 1.85. The molecule has 0 aromatic heterocycles. The monoisotopic (exact) mass is 450 g/mol. The summed E-state index contributed by atoms with van der Waals surface area (Å²) in [5.74, 6) is -2.68. The highest BCUT2D eigenvalue weighted by atomic mass is 19.1. The lowest BCUT2D eigenvalue weighted by molar-refractivity contribution is -0.223. The van der Waals surface area contributed by atoms with Crippen LogP contribution in [-0.2, 0) is 23.9 Å². The summed E-state index contributed by atoms with van der Waals surface area (Å²) in [6.07, 6.45) is 2.88. The minimum atomic E-state index is -2.07. The number of methoxy groups -OCH3 is 1. The van der Waals surface area contributed by atoms with E-state index in [1.807, 2.05) is 0 Å². The molecule has 2 N–H and O–H groups in total.